The van der Waals surface area contributed by atoms with E-state index < -0.39 is 48.8 Å². The zero-order valence-corrected chi connectivity index (χ0v) is 12.3. The Morgan fingerprint density at radius 3 is 1.28 bits per heavy atom. The van der Waals surface area contributed by atoms with Crippen LogP contribution in [0.15, 0.2) is 12.2 Å². The molecule has 0 aliphatic rings. The predicted octanol–water partition coefficient (Wildman–Crippen LogP) is 3.14. The minimum Gasteiger partial charge on any atom is -0.478 e. The van der Waals surface area contributed by atoms with Gasteiger partial charge in [0.25, 0.3) is 0 Å². The Morgan fingerprint density at radius 1 is 0.840 bits per heavy atom. The van der Waals surface area contributed by atoms with Gasteiger partial charge in [-0.2, -0.15) is 43.9 Å². The second-order valence-corrected chi connectivity index (χ2v) is 4.69. The van der Waals surface area contributed by atoms with E-state index in [-0.39, 0.29) is 5.57 Å². The molecule has 0 aliphatic carbocycles. The third-order valence-corrected chi connectivity index (χ3v) is 2.45. The van der Waals surface area contributed by atoms with E-state index in [0.29, 0.717) is 0 Å². The van der Waals surface area contributed by atoms with Crippen molar-refractivity contribution in [3.8, 4) is 0 Å². The first-order valence-corrected chi connectivity index (χ1v) is 5.73. The summed E-state index contributed by atoms with van der Waals surface area (Å²) >= 11 is 0. The van der Waals surface area contributed by atoms with Crippen molar-refractivity contribution in [1.82, 2.24) is 0 Å². The van der Waals surface area contributed by atoms with Crippen LogP contribution in [-0.2, 0) is 4.79 Å². The number of hydrogen-bond donors (Lipinski definition) is 3. The van der Waals surface area contributed by atoms with Gasteiger partial charge in [-0.1, -0.05) is 6.58 Å². The highest BCUT2D eigenvalue weighted by Crippen LogP contribution is 2.57. The van der Waals surface area contributed by atoms with Crippen LogP contribution < -0.4 is 0 Å². The van der Waals surface area contributed by atoms with Crippen molar-refractivity contribution >= 4 is 5.97 Å². The molecule has 0 atom stereocenters. The van der Waals surface area contributed by atoms with Crippen LogP contribution in [0.3, 0.4) is 0 Å². The lowest BCUT2D eigenvalue weighted by atomic mass is 9.95. The van der Waals surface area contributed by atoms with Crippen molar-refractivity contribution in [2.75, 3.05) is 0 Å². The molecule has 0 rings (SSSR count). The van der Waals surface area contributed by atoms with E-state index in [0.717, 1.165) is 0 Å². The lowest BCUT2D eigenvalue weighted by Crippen LogP contribution is -2.68. The Bertz CT molecular complexity index is 484. The summed E-state index contributed by atoms with van der Waals surface area (Å²) in [6, 6.07) is 0. The molecular weight excluding hydrogens is 386 g/mol. The molecule has 25 heavy (non-hydrogen) atoms. The number of alkyl halides is 10. The van der Waals surface area contributed by atoms with E-state index in [4.69, 9.17) is 15.3 Å². The molecule has 0 heterocycles. The van der Waals surface area contributed by atoms with Crippen molar-refractivity contribution in [1.29, 1.82) is 0 Å². The van der Waals surface area contributed by atoms with E-state index >= 15 is 0 Å². The van der Waals surface area contributed by atoms with Gasteiger partial charge in [0, 0.05) is 12.5 Å². The van der Waals surface area contributed by atoms with Crippen LogP contribution in [0.2, 0.25) is 0 Å². The Labute approximate surface area is 133 Å². The second-order valence-electron chi connectivity index (χ2n) is 4.69. The number of rotatable bonds is 6. The summed E-state index contributed by atoms with van der Waals surface area (Å²) in [7, 11) is 0. The van der Waals surface area contributed by atoms with Gasteiger partial charge >= 0.3 is 35.6 Å². The molecule has 0 saturated carbocycles. The molecule has 150 valence electrons. The highest BCUT2D eigenvalue weighted by molar-refractivity contribution is 5.84. The van der Waals surface area contributed by atoms with Gasteiger partial charge in [0.05, 0.1) is 0 Å². The Kier molecular flexibility index (Phi) is 7.55. The molecule has 0 aliphatic heterocycles. The first kappa shape index (κ1) is 25.7. The lowest BCUT2D eigenvalue weighted by molar-refractivity contribution is -0.419. The summed E-state index contributed by atoms with van der Waals surface area (Å²) in [6.07, 6.45) is -4.46. The third kappa shape index (κ3) is 4.74. The van der Waals surface area contributed by atoms with E-state index in [2.05, 4.69) is 6.58 Å². The molecule has 0 fully saturated rings. The first-order valence-electron chi connectivity index (χ1n) is 5.73. The highest BCUT2D eigenvalue weighted by atomic mass is 19.4. The average molecular weight is 398 g/mol. The normalized spacial score (nSPS) is 14.0. The number of halogens is 10. The first-order chi connectivity index (χ1) is 10.6. The summed E-state index contributed by atoms with van der Waals surface area (Å²) in [4.78, 5) is 9.60. The highest BCUT2D eigenvalue weighted by Gasteiger charge is 2.86. The number of aliphatic hydroxyl groups excluding tert-OH is 1. The summed E-state index contributed by atoms with van der Waals surface area (Å²) in [5.74, 6) is -34.4. The maximum absolute atomic E-state index is 12.6. The largest absolute Gasteiger partial charge is 0.478 e. The van der Waals surface area contributed by atoms with Gasteiger partial charge in [-0.15, -0.1) is 0 Å². The van der Waals surface area contributed by atoms with Crippen molar-refractivity contribution in [2.45, 2.75) is 49.8 Å². The monoisotopic (exact) mass is 398 g/mol. The molecule has 4 nitrogen and oxygen atoms in total. The number of carboxylic acid groups (broad SMARTS) is 1. The van der Waals surface area contributed by atoms with Crippen LogP contribution in [0.5, 0.6) is 0 Å². The van der Waals surface area contributed by atoms with E-state index in [1.165, 1.54) is 6.92 Å². The molecule has 0 aromatic heterocycles. The summed E-state index contributed by atoms with van der Waals surface area (Å²) in [5.41, 5.74) is 0.176. The van der Waals surface area contributed by atoms with Crippen molar-refractivity contribution in [3.63, 3.8) is 0 Å². The van der Waals surface area contributed by atoms with Crippen molar-refractivity contribution < 1.29 is 64.0 Å². The predicted molar refractivity (Wildman–Crippen MR) is 61.1 cm³/mol. The fourth-order valence-electron chi connectivity index (χ4n) is 0.844. The topological polar surface area (TPSA) is 77.8 Å². The quantitative estimate of drug-likeness (QED) is 0.365. The zero-order chi connectivity index (χ0) is 21.2. The Hall–Kier alpha value is -1.57. The molecule has 0 spiro atoms. The number of aliphatic hydroxyl groups is 2. The number of aliphatic carboxylic acids is 1. The summed E-state index contributed by atoms with van der Waals surface area (Å²) < 4.78 is 125. The molecule has 0 unspecified atom stereocenters. The SMILES string of the molecule is C=C(C)C(=O)O.CC(F)(F)C(F)(F)C(F)(F)C(F)(F)C(F)(F)C(O)O. The second kappa shape index (κ2) is 7.35. The van der Waals surface area contributed by atoms with Crippen LogP contribution in [0.25, 0.3) is 0 Å². The molecule has 0 radical (unpaired) electrons. The number of hydrogen-bond acceptors (Lipinski definition) is 3. The molecule has 0 saturated heterocycles. The smallest absolute Gasteiger partial charge is 0.384 e. The van der Waals surface area contributed by atoms with Crippen LogP contribution >= 0.6 is 0 Å². The Balaban J connectivity index is 0. The van der Waals surface area contributed by atoms with Gasteiger partial charge in [0.15, 0.2) is 0 Å². The molecule has 0 bridgehead atoms. The minimum absolute atomic E-state index is 0.176. The summed E-state index contributed by atoms with van der Waals surface area (Å²) in [5, 5.41) is 23.5. The van der Waals surface area contributed by atoms with Crippen LogP contribution in [0.1, 0.15) is 13.8 Å². The minimum atomic E-state index is -7.24. The maximum Gasteiger partial charge on any atom is 0.384 e. The molecule has 0 aromatic carbocycles. The molecule has 0 amide bonds. The van der Waals surface area contributed by atoms with Crippen LogP contribution in [-0.4, -0.2) is 57.2 Å². The van der Waals surface area contributed by atoms with E-state index in [9.17, 15) is 48.7 Å². The van der Waals surface area contributed by atoms with Gasteiger partial charge in [-0.25, -0.2) is 4.79 Å². The van der Waals surface area contributed by atoms with E-state index in [1.807, 2.05) is 0 Å². The van der Waals surface area contributed by atoms with Gasteiger partial charge in [0.2, 0.25) is 6.29 Å². The molecule has 0 aromatic rings. The third-order valence-electron chi connectivity index (χ3n) is 2.45. The van der Waals surface area contributed by atoms with Gasteiger partial charge in [0.1, 0.15) is 0 Å². The number of carboxylic acids is 1. The van der Waals surface area contributed by atoms with Crippen molar-refractivity contribution in [2.24, 2.45) is 0 Å². The molecule has 3 N–H and O–H groups in total. The van der Waals surface area contributed by atoms with E-state index in [1.54, 1.807) is 0 Å². The maximum atomic E-state index is 12.6. The fourth-order valence-corrected chi connectivity index (χ4v) is 0.844. The van der Waals surface area contributed by atoms with Crippen molar-refractivity contribution in [3.05, 3.63) is 12.2 Å². The standard InChI is InChI=1S/C7H6F10O2.C4H6O2/c1-3(8,9)5(12,13)7(16,17)6(14,15)4(10,11)2(18)19;1-3(2)4(5)6/h2,18-19H,1H3;1H2,2H3,(H,5,6). The van der Waals surface area contributed by atoms with Crippen LogP contribution in [0.4, 0.5) is 43.9 Å². The zero-order valence-electron chi connectivity index (χ0n) is 12.3. The Morgan fingerprint density at radius 2 is 1.12 bits per heavy atom. The lowest BCUT2D eigenvalue weighted by Gasteiger charge is -2.38. The molecule has 14 heteroatoms. The molecular formula is C11H12F10O4. The van der Waals surface area contributed by atoms with Gasteiger partial charge < -0.3 is 15.3 Å². The fraction of sp³-hybridized carbons (Fsp3) is 0.727. The summed E-state index contributed by atoms with van der Waals surface area (Å²) in [6.45, 7) is 3.72. The van der Waals surface area contributed by atoms with Gasteiger partial charge in [-0.05, 0) is 6.92 Å². The van der Waals surface area contributed by atoms with Gasteiger partial charge in [-0.3, -0.25) is 0 Å². The average Bonchev–Trinajstić information content (AvgIpc) is 2.36. The number of carbonyl (C=O) groups is 1. The van der Waals surface area contributed by atoms with Crippen LogP contribution in [0, 0.1) is 0 Å².